The van der Waals surface area contributed by atoms with Gasteiger partial charge in [-0.2, -0.15) is 0 Å². The van der Waals surface area contributed by atoms with Gasteiger partial charge in [-0.15, -0.1) is 5.10 Å². The monoisotopic (exact) mass is 269 g/mol. The third-order valence-electron chi connectivity index (χ3n) is 3.07. The highest BCUT2D eigenvalue weighted by Crippen LogP contribution is 2.24. The third kappa shape index (κ3) is 2.76. The molecule has 1 aromatic heterocycles. The number of amidine groups is 1. The van der Waals surface area contributed by atoms with Crippen LogP contribution in [0, 0.1) is 0 Å². The second kappa shape index (κ2) is 5.76. The molecule has 8 heteroatoms. The van der Waals surface area contributed by atoms with Gasteiger partial charge in [-0.25, -0.2) is 0 Å². The molecule has 0 unspecified atom stereocenters. The average Bonchev–Trinajstić information content (AvgIpc) is 3.06. The first-order valence-electron chi connectivity index (χ1n) is 5.77. The zero-order valence-electron chi connectivity index (χ0n) is 9.82. The van der Waals surface area contributed by atoms with Crippen LogP contribution in [0.25, 0.3) is 0 Å². The predicted octanol–water partition coefficient (Wildman–Crippen LogP) is 0.669. The van der Waals surface area contributed by atoms with Crippen molar-refractivity contribution in [3.8, 4) is 0 Å². The van der Waals surface area contributed by atoms with Crippen LogP contribution in [0.15, 0.2) is 10.5 Å². The molecule has 0 aromatic carbocycles. The summed E-state index contributed by atoms with van der Waals surface area (Å²) < 4.78 is 3.68. The van der Waals surface area contributed by atoms with Crippen LogP contribution in [0.1, 0.15) is 36.2 Å². The first kappa shape index (κ1) is 12.7. The fourth-order valence-electron chi connectivity index (χ4n) is 2.19. The van der Waals surface area contributed by atoms with Crippen LogP contribution < -0.4 is 5.73 Å². The van der Waals surface area contributed by atoms with Gasteiger partial charge in [0.1, 0.15) is 0 Å². The van der Waals surface area contributed by atoms with Crippen molar-refractivity contribution in [2.24, 2.45) is 10.9 Å². The van der Waals surface area contributed by atoms with Crippen molar-refractivity contribution in [1.29, 1.82) is 0 Å². The van der Waals surface area contributed by atoms with Crippen LogP contribution in [0.2, 0.25) is 0 Å². The van der Waals surface area contributed by atoms with Crippen LogP contribution in [0.3, 0.4) is 0 Å². The molecule has 2 rings (SSSR count). The zero-order valence-corrected chi connectivity index (χ0v) is 10.6. The Morgan fingerprint density at radius 3 is 2.89 bits per heavy atom. The Labute approximate surface area is 108 Å². The quantitative estimate of drug-likeness (QED) is 0.362. The van der Waals surface area contributed by atoms with Gasteiger partial charge in [-0.1, -0.05) is 22.5 Å². The summed E-state index contributed by atoms with van der Waals surface area (Å²) in [7, 11) is 0. The van der Waals surface area contributed by atoms with E-state index in [1.54, 1.807) is 10.3 Å². The smallest absolute Gasteiger partial charge is 0.275 e. The Morgan fingerprint density at radius 1 is 1.61 bits per heavy atom. The first-order chi connectivity index (χ1) is 8.72. The minimum Gasteiger partial charge on any atom is -0.409 e. The van der Waals surface area contributed by atoms with E-state index in [2.05, 4.69) is 14.7 Å². The van der Waals surface area contributed by atoms with Crippen molar-refractivity contribution < 1.29 is 10.0 Å². The van der Waals surface area contributed by atoms with Crippen molar-refractivity contribution in [3.05, 3.63) is 11.1 Å². The Kier molecular flexibility index (Phi) is 4.08. The Balaban J connectivity index is 2.15. The van der Waals surface area contributed by atoms with E-state index < -0.39 is 0 Å². The van der Waals surface area contributed by atoms with E-state index in [4.69, 9.17) is 10.9 Å². The average molecular weight is 269 g/mol. The maximum Gasteiger partial charge on any atom is 0.275 e. The molecule has 1 aromatic rings. The number of amides is 1. The predicted molar refractivity (Wildman–Crippen MR) is 66.6 cm³/mol. The number of nitrogens with zero attached hydrogens (tertiary/aromatic N) is 4. The van der Waals surface area contributed by atoms with Crippen LogP contribution >= 0.6 is 11.5 Å². The minimum absolute atomic E-state index is 0.0263. The number of oxime groups is 1. The second-order valence-corrected chi connectivity index (χ2v) is 4.86. The molecule has 1 amide bonds. The van der Waals surface area contributed by atoms with Crippen molar-refractivity contribution in [1.82, 2.24) is 14.5 Å². The molecule has 1 saturated carbocycles. The standard InChI is InChI=1S/C10H15N5O2S/c11-9(13-17)5-15(7-3-1-2-4-7)10(16)8-6-18-14-12-8/h6-7,17H,1-5H2,(H2,11,13). The SMILES string of the molecule is NC(CN(C(=O)c1csnn1)C1CCCC1)=NO. The van der Waals surface area contributed by atoms with Gasteiger partial charge in [0.15, 0.2) is 11.5 Å². The van der Waals surface area contributed by atoms with Gasteiger partial charge in [-0.05, 0) is 24.4 Å². The van der Waals surface area contributed by atoms with Crippen LogP contribution in [-0.2, 0) is 0 Å². The summed E-state index contributed by atoms with van der Waals surface area (Å²) in [5.41, 5.74) is 5.82. The van der Waals surface area contributed by atoms with Crippen LogP contribution in [-0.4, -0.2) is 44.0 Å². The summed E-state index contributed by atoms with van der Waals surface area (Å²) in [5, 5.41) is 17.0. The lowest BCUT2D eigenvalue weighted by Gasteiger charge is -2.27. The molecule has 0 aliphatic heterocycles. The number of hydrogen-bond acceptors (Lipinski definition) is 6. The Hall–Kier alpha value is -1.70. The van der Waals surface area contributed by atoms with Crippen molar-refractivity contribution in [3.63, 3.8) is 0 Å². The molecule has 0 atom stereocenters. The summed E-state index contributed by atoms with van der Waals surface area (Å²) >= 11 is 1.13. The number of carbonyl (C=O) groups excluding carboxylic acids is 1. The van der Waals surface area contributed by atoms with Gasteiger partial charge >= 0.3 is 0 Å². The third-order valence-corrected chi connectivity index (χ3v) is 3.57. The summed E-state index contributed by atoms with van der Waals surface area (Å²) in [5.74, 6) is -0.180. The minimum atomic E-state index is -0.206. The molecule has 0 radical (unpaired) electrons. The summed E-state index contributed by atoms with van der Waals surface area (Å²) in [6.07, 6.45) is 4.09. The van der Waals surface area contributed by atoms with Gasteiger partial charge in [0, 0.05) is 11.4 Å². The molecule has 18 heavy (non-hydrogen) atoms. The lowest BCUT2D eigenvalue weighted by molar-refractivity contribution is 0.0706. The normalized spacial score (nSPS) is 17.0. The van der Waals surface area contributed by atoms with E-state index in [1.807, 2.05) is 0 Å². The fraction of sp³-hybridized carbons (Fsp3) is 0.600. The number of aromatic nitrogens is 2. The van der Waals surface area contributed by atoms with Gasteiger partial charge in [0.25, 0.3) is 5.91 Å². The highest BCUT2D eigenvalue weighted by molar-refractivity contribution is 7.03. The maximum atomic E-state index is 12.3. The zero-order chi connectivity index (χ0) is 13.0. The molecule has 7 nitrogen and oxygen atoms in total. The largest absolute Gasteiger partial charge is 0.409 e. The molecule has 0 bridgehead atoms. The van der Waals surface area contributed by atoms with E-state index in [9.17, 15) is 4.79 Å². The summed E-state index contributed by atoms with van der Waals surface area (Å²) in [6.45, 7) is 0.123. The van der Waals surface area contributed by atoms with Crippen molar-refractivity contribution in [2.75, 3.05) is 6.54 Å². The van der Waals surface area contributed by atoms with Gasteiger partial charge < -0.3 is 15.8 Å². The van der Waals surface area contributed by atoms with E-state index in [-0.39, 0.29) is 24.3 Å². The van der Waals surface area contributed by atoms with E-state index in [1.165, 1.54) is 0 Å². The van der Waals surface area contributed by atoms with Gasteiger partial charge in [0.05, 0.1) is 6.54 Å². The molecule has 1 aliphatic rings. The number of hydrogen-bond donors (Lipinski definition) is 2. The fourth-order valence-corrected chi connectivity index (χ4v) is 2.62. The molecule has 0 spiro atoms. The topological polar surface area (TPSA) is 105 Å². The van der Waals surface area contributed by atoms with Gasteiger partial charge in [-0.3, -0.25) is 4.79 Å². The Morgan fingerprint density at radius 2 is 2.33 bits per heavy atom. The summed E-state index contributed by atoms with van der Waals surface area (Å²) in [4.78, 5) is 13.9. The highest BCUT2D eigenvalue weighted by Gasteiger charge is 2.29. The first-order valence-corrected chi connectivity index (χ1v) is 6.60. The molecule has 3 N–H and O–H groups in total. The number of nitrogens with two attached hydrogens (primary N) is 1. The van der Waals surface area contributed by atoms with Crippen LogP contribution in [0.4, 0.5) is 0 Å². The molecular formula is C10H15N5O2S. The molecule has 1 aliphatic carbocycles. The molecule has 0 saturated heterocycles. The van der Waals surface area contributed by atoms with E-state index in [0.717, 1.165) is 37.2 Å². The van der Waals surface area contributed by atoms with E-state index >= 15 is 0 Å². The lowest BCUT2D eigenvalue weighted by atomic mass is 10.2. The molecular weight excluding hydrogens is 254 g/mol. The van der Waals surface area contributed by atoms with Crippen molar-refractivity contribution >= 4 is 23.3 Å². The summed E-state index contributed by atoms with van der Waals surface area (Å²) in [6, 6.07) is 0.138. The molecule has 1 fully saturated rings. The lowest BCUT2D eigenvalue weighted by Crippen LogP contribution is -2.44. The van der Waals surface area contributed by atoms with E-state index in [0.29, 0.717) is 5.69 Å². The van der Waals surface area contributed by atoms with Crippen molar-refractivity contribution in [2.45, 2.75) is 31.7 Å². The van der Waals surface area contributed by atoms with Gasteiger partial charge in [0.2, 0.25) is 0 Å². The molecule has 98 valence electrons. The number of rotatable bonds is 4. The molecule has 1 heterocycles. The highest BCUT2D eigenvalue weighted by atomic mass is 32.1. The second-order valence-electron chi connectivity index (χ2n) is 4.25. The van der Waals surface area contributed by atoms with Crippen LogP contribution in [0.5, 0.6) is 0 Å². The maximum absolute atomic E-state index is 12.3. The Bertz CT molecular complexity index is 427. The number of carbonyl (C=O) groups is 1.